The van der Waals surface area contributed by atoms with E-state index in [2.05, 4.69) is 0 Å². The van der Waals surface area contributed by atoms with Gasteiger partial charge < -0.3 is 0 Å². The van der Waals surface area contributed by atoms with Crippen molar-refractivity contribution in [1.82, 2.24) is 0 Å². The predicted molar refractivity (Wildman–Crippen MR) is 37.4 cm³/mol. The summed E-state index contributed by atoms with van der Waals surface area (Å²) in [5.41, 5.74) is 0. The Morgan fingerprint density at radius 3 is 2.30 bits per heavy atom. The zero-order valence-electron chi connectivity index (χ0n) is 5.21. The van der Waals surface area contributed by atoms with Crippen molar-refractivity contribution >= 4 is 25.5 Å². The van der Waals surface area contributed by atoms with Crippen LogP contribution in [-0.2, 0) is 13.8 Å². The molecule has 1 fully saturated rings. The topological polar surface area (TPSA) is 51.2 Å². The van der Waals surface area contributed by atoms with Gasteiger partial charge in [-0.05, 0) is 12.8 Å². The summed E-state index contributed by atoms with van der Waals surface area (Å²) in [6.45, 7) is 0. The fourth-order valence-electron chi connectivity index (χ4n) is 0.693. The Morgan fingerprint density at radius 2 is 2.00 bits per heavy atom. The summed E-state index contributed by atoms with van der Waals surface area (Å²) in [7, 11) is 1.25. The molecule has 0 saturated heterocycles. The van der Waals surface area contributed by atoms with Gasteiger partial charge in [0.15, 0.2) is 5.78 Å². The number of rotatable bonds is 3. The standard InChI is InChI=1S/C5H7ClO3S/c6-10(8,9)3-5(7)4-1-2-4/h4H,1-3H2. The maximum atomic E-state index is 10.8. The Morgan fingerprint density at radius 1 is 1.50 bits per heavy atom. The summed E-state index contributed by atoms with van der Waals surface area (Å²) in [6.07, 6.45) is 1.65. The van der Waals surface area contributed by atoms with Crippen LogP contribution in [0.15, 0.2) is 0 Å². The van der Waals surface area contributed by atoms with Crippen molar-refractivity contribution in [2.75, 3.05) is 5.75 Å². The second kappa shape index (κ2) is 2.51. The lowest BCUT2D eigenvalue weighted by Crippen LogP contribution is -2.12. The number of ketones is 1. The highest BCUT2D eigenvalue weighted by molar-refractivity contribution is 8.14. The molecular weight excluding hydrogens is 176 g/mol. The molecule has 0 bridgehead atoms. The molecular formula is C5H7ClO3S. The molecule has 0 aliphatic heterocycles. The van der Waals surface area contributed by atoms with Gasteiger partial charge in [0.1, 0.15) is 5.75 Å². The van der Waals surface area contributed by atoms with E-state index < -0.39 is 14.8 Å². The molecule has 0 aromatic heterocycles. The third-order valence-corrected chi connectivity index (χ3v) is 2.30. The van der Waals surface area contributed by atoms with Crippen molar-refractivity contribution < 1.29 is 13.2 Å². The Hall–Kier alpha value is -0.0900. The van der Waals surface area contributed by atoms with Crippen LogP contribution in [0.25, 0.3) is 0 Å². The van der Waals surface area contributed by atoms with Gasteiger partial charge in [-0.3, -0.25) is 4.79 Å². The number of hydrogen-bond donors (Lipinski definition) is 0. The molecule has 0 spiro atoms. The fourth-order valence-corrected chi connectivity index (χ4v) is 1.59. The van der Waals surface area contributed by atoms with Crippen LogP contribution in [0.1, 0.15) is 12.8 Å². The summed E-state index contributed by atoms with van der Waals surface area (Å²) in [5, 5.41) is 0. The lowest BCUT2D eigenvalue weighted by molar-refractivity contribution is -0.117. The molecule has 0 heterocycles. The van der Waals surface area contributed by atoms with E-state index in [1.54, 1.807) is 0 Å². The summed E-state index contributed by atoms with van der Waals surface area (Å²) in [5.74, 6) is -0.761. The lowest BCUT2D eigenvalue weighted by atomic mass is 10.3. The molecule has 0 N–H and O–H groups in total. The van der Waals surface area contributed by atoms with Crippen LogP contribution in [-0.4, -0.2) is 20.0 Å². The summed E-state index contributed by atoms with van der Waals surface area (Å²) in [4.78, 5) is 10.8. The van der Waals surface area contributed by atoms with Gasteiger partial charge in [-0.1, -0.05) is 0 Å². The molecule has 1 aliphatic rings. The SMILES string of the molecule is O=C(CS(=O)(=O)Cl)C1CC1. The van der Waals surface area contributed by atoms with Crippen LogP contribution in [0, 0.1) is 5.92 Å². The first-order chi connectivity index (χ1) is 4.49. The number of halogens is 1. The Balaban J connectivity index is 2.45. The molecule has 0 amide bonds. The Bertz CT molecular complexity index is 240. The number of carbonyl (C=O) groups is 1. The first-order valence-corrected chi connectivity index (χ1v) is 5.42. The molecule has 1 aliphatic carbocycles. The van der Waals surface area contributed by atoms with Gasteiger partial charge in [-0.2, -0.15) is 0 Å². The van der Waals surface area contributed by atoms with Crippen LogP contribution in [0.5, 0.6) is 0 Å². The summed E-state index contributed by atoms with van der Waals surface area (Å²) in [6, 6.07) is 0. The highest BCUT2D eigenvalue weighted by Crippen LogP contribution is 2.30. The van der Waals surface area contributed by atoms with E-state index in [0.29, 0.717) is 0 Å². The van der Waals surface area contributed by atoms with Gasteiger partial charge in [0.05, 0.1) is 0 Å². The minimum Gasteiger partial charge on any atom is -0.298 e. The maximum absolute atomic E-state index is 10.8. The van der Waals surface area contributed by atoms with Crippen molar-refractivity contribution in [3.05, 3.63) is 0 Å². The Kier molecular flexibility index (Phi) is 2.01. The third kappa shape index (κ3) is 2.66. The van der Waals surface area contributed by atoms with Crippen molar-refractivity contribution in [1.29, 1.82) is 0 Å². The molecule has 58 valence electrons. The van der Waals surface area contributed by atoms with Gasteiger partial charge in [0, 0.05) is 16.6 Å². The normalized spacial score (nSPS) is 18.9. The van der Waals surface area contributed by atoms with Crippen LogP contribution in [0.4, 0.5) is 0 Å². The second-order valence-corrected chi connectivity index (χ2v) is 5.20. The van der Waals surface area contributed by atoms with Crippen LogP contribution >= 0.6 is 10.7 Å². The van der Waals surface area contributed by atoms with Crippen LogP contribution in [0.3, 0.4) is 0 Å². The van der Waals surface area contributed by atoms with Crippen molar-refractivity contribution in [3.63, 3.8) is 0 Å². The predicted octanol–water partition coefficient (Wildman–Crippen LogP) is 0.534. The van der Waals surface area contributed by atoms with E-state index in [9.17, 15) is 13.2 Å². The molecule has 0 aromatic carbocycles. The van der Waals surface area contributed by atoms with E-state index >= 15 is 0 Å². The largest absolute Gasteiger partial charge is 0.298 e. The first-order valence-electron chi connectivity index (χ1n) is 2.94. The molecule has 0 radical (unpaired) electrons. The lowest BCUT2D eigenvalue weighted by Gasteiger charge is -1.91. The van der Waals surface area contributed by atoms with Gasteiger partial charge in [-0.15, -0.1) is 0 Å². The molecule has 10 heavy (non-hydrogen) atoms. The highest BCUT2D eigenvalue weighted by Gasteiger charge is 2.31. The van der Waals surface area contributed by atoms with Gasteiger partial charge in [0.25, 0.3) is 0 Å². The second-order valence-electron chi connectivity index (χ2n) is 2.42. The Labute approximate surface area is 63.8 Å². The van der Waals surface area contributed by atoms with Gasteiger partial charge >= 0.3 is 0 Å². The van der Waals surface area contributed by atoms with Gasteiger partial charge in [0.2, 0.25) is 9.05 Å². The zero-order valence-corrected chi connectivity index (χ0v) is 6.78. The molecule has 0 unspecified atom stereocenters. The number of Topliss-reactive ketones (excluding diaryl/α,β-unsaturated/α-hetero) is 1. The molecule has 0 atom stereocenters. The fraction of sp³-hybridized carbons (Fsp3) is 0.800. The maximum Gasteiger partial charge on any atom is 0.239 e. The van der Waals surface area contributed by atoms with Crippen molar-refractivity contribution in [3.8, 4) is 0 Å². The first kappa shape index (κ1) is 8.01. The van der Waals surface area contributed by atoms with E-state index in [1.165, 1.54) is 0 Å². The van der Waals surface area contributed by atoms with Crippen LogP contribution in [0.2, 0.25) is 0 Å². The van der Waals surface area contributed by atoms with E-state index in [0.717, 1.165) is 12.8 Å². The number of hydrogen-bond acceptors (Lipinski definition) is 3. The average Bonchev–Trinajstić information content (AvgIpc) is 2.35. The van der Waals surface area contributed by atoms with Crippen molar-refractivity contribution in [2.24, 2.45) is 5.92 Å². The molecule has 5 heteroatoms. The minimum atomic E-state index is -3.61. The summed E-state index contributed by atoms with van der Waals surface area (Å²) < 4.78 is 20.6. The van der Waals surface area contributed by atoms with E-state index in [1.807, 2.05) is 0 Å². The third-order valence-electron chi connectivity index (χ3n) is 1.35. The smallest absolute Gasteiger partial charge is 0.239 e. The van der Waals surface area contributed by atoms with Gasteiger partial charge in [-0.25, -0.2) is 8.42 Å². The van der Waals surface area contributed by atoms with E-state index in [-0.39, 0.29) is 11.7 Å². The number of carbonyl (C=O) groups excluding carboxylic acids is 1. The minimum absolute atomic E-state index is 0.0199. The molecule has 1 saturated carbocycles. The van der Waals surface area contributed by atoms with Crippen LogP contribution < -0.4 is 0 Å². The molecule has 1 rings (SSSR count). The quantitative estimate of drug-likeness (QED) is 0.599. The molecule has 3 nitrogen and oxygen atoms in total. The monoisotopic (exact) mass is 182 g/mol. The zero-order chi connectivity index (χ0) is 7.78. The average molecular weight is 183 g/mol. The highest BCUT2D eigenvalue weighted by atomic mass is 35.7. The van der Waals surface area contributed by atoms with E-state index in [4.69, 9.17) is 10.7 Å². The summed E-state index contributed by atoms with van der Waals surface area (Å²) >= 11 is 0. The van der Waals surface area contributed by atoms with Crippen molar-refractivity contribution in [2.45, 2.75) is 12.8 Å². The molecule has 0 aromatic rings.